The van der Waals surface area contributed by atoms with Gasteiger partial charge in [0.05, 0.1) is 20.3 Å². The van der Waals surface area contributed by atoms with E-state index in [1.54, 1.807) is 19.1 Å². The zero-order valence-corrected chi connectivity index (χ0v) is 22.3. The maximum absolute atomic E-state index is 13.8. The molecule has 9 heteroatoms. The number of para-hydroxylation sites is 1. The monoisotopic (exact) mass is 538 g/mol. The Morgan fingerprint density at radius 1 is 0.975 bits per heavy atom. The Balaban J connectivity index is 1.25. The first-order chi connectivity index (χ1) is 19.5. The van der Waals surface area contributed by atoms with Crippen molar-refractivity contribution in [1.82, 2.24) is 20.1 Å². The first-order valence-electron chi connectivity index (χ1n) is 13.2. The van der Waals surface area contributed by atoms with E-state index in [0.29, 0.717) is 30.9 Å². The molecule has 204 valence electrons. The highest BCUT2D eigenvalue weighted by molar-refractivity contribution is 6.07. The number of imide groups is 1. The number of hydrogen-bond donors (Lipinski definition) is 2. The van der Waals surface area contributed by atoms with Crippen LogP contribution >= 0.6 is 0 Å². The molecule has 2 aliphatic heterocycles. The van der Waals surface area contributed by atoms with E-state index in [4.69, 9.17) is 9.47 Å². The Kier molecular flexibility index (Phi) is 6.63. The van der Waals surface area contributed by atoms with Gasteiger partial charge in [-0.25, -0.2) is 4.79 Å². The molecule has 9 nitrogen and oxygen atoms in total. The lowest BCUT2D eigenvalue weighted by atomic mass is 9.87. The summed E-state index contributed by atoms with van der Waals surface area (Å²) < 4.78 is 11.1. The zero-order valence-electron chi connectivity index (χ0n) is 22.3. The van der Waals surface area contributed by atoms with Crippen molar-refractivity contribution in [2.75, 3.05) is 27.3 Å². The molecule has 1 saturated heterocycles. The summed E-state index contributed by atoms with van der Waals surface area (Å²) in [7, 11) is 3.18. The molecule has 4 aromatic rings. The average molecular weight is 539 g/mol. The van der Waals surface area contributed by atoms with Crippen molar-refractivity contribution in [3.63, 3.8) is 0 Å². The van der Waals surface area contributed by atoms with E-state index in [2.05, 4.69) is 10.3 Å². The van der Waals surface area contributed by atoms with E-state index >= 15 is 0 Å². The van der Waals surface area contributed by atoms with Gasteiger partial charge in [0.2, 0.25) is 5.91 Å². The number of nitrogens with one attached hydrogen (secondary N) is 2. The van der Waals surface area contributed by atoms with Crippen LogP contribution in [0.15, 0.2) is 72.9 Å². The zero-order chi connectivity index (χ0) is 27.8. The summed E-state index contributed by atoms with van der Waals surface area (Å²) in [5.41, 5.74) is 4.82. The Labute approximate surface area is 231 Å². The van der Waals surface area contributed by atoms with Crippen LogP contribution in [0.4, 0.5) is 4.79 Å². The number of aromatic nitrogens is 1. The number of urea groups is 1. The molecule has 2 atom stereocenters. The molecule has 6 rings (SSSR count). The van der Waals surface area contributed by atoms with E-state index in [1.807, 2.05) is 72.9 Å². The molecule has 40 heavy (non-hydrogen) atoms. The lowest BCUT2D eigenvalue weighted by Crippen LogP contribution is -2.47. The minimum atomic E-state index is -0.733. The SMILES string of the molecule is COc1cc2c(cc1OC)[C@@H](c1ccccc1)N(C(=O)CN1C(=O)N[C@H](Cc3c[nH]c4ccccc34)C1=O)CC2. The van der Waals surface area contributed by atoms with Gasteiger partial charge in [0, 0.05) is 30.1 Å². The van der Waals surface area contributed by atoms with Crippen LogP contribution in [0.25, 0.3) is 10.9 Å². The van der Waals surface area contributed by atoms with E-state index in [9.17, 15) is 14.4 Å². The van der Waals surface area contributed by atoms with Crippen LogP contribution in [0.3, 0.4) is 0 Å². The summed E-state index contributed by atoms with van der Waals surface area (Å²) in [5.74, 6) is 0.508. The number of methoxy groups -OCH3 is 2. The van der Waals surface area contributed by atoms with Gasteiger partial charge in [-0.05, 0) is 46.9 Å². The maximum Gasteiger partial charge on any atom is 0.325 e. The van der Waals surface area contributed by atoms with Crippen LogP contribution < -0.4 is 14.8 Å². The number of fused-ring (bicyclic) bond motifs is 2. The second kappa shape index (κ2) is 10.4. The molecular formula is C31H30N4O5. The van der Waals surface area contributed by atoms with Crippen molar-refractivity contribution < 1.29 is 23.9 Å². The summed E-state index contributed by atoms with van der Waals surface area (Å²) in [4.78, 5) is 46.0. The summed E-state index contributed by atoms with van der Waals surface area (Å²) in [5, 5.41) is 3.78. The lowest BCUT2D eigenvalue weighted by Gasteiger charge is -2.38. The smallest absolute Gasteiger partial charge is 0.325 e. The summed E-state index contributed by atoms with van der Waals surface area (Å²) in [6, 6.07) is 19.7. The van der Waals surface area contributed by atoms with Crippen molar-refractivity contribution >= 4 is 28.7 Å². The second-order valence-electron chi connectivity index (χ2n) is 10.0. The van der Waals surface area contributed by atoms with E-state index in [0.717, 1.165) is 38.1 Å². The molecule has 0 unspecified atom stereocenters. The van der Waals surface area contributed by atoms with Crippen molar-refractivity contribution in [1.29, 1.82) is 0 Å². The minimum absolute atomic E-state index is 0.300. The molecular weight excluding hydrogens is 508 g/mol. The minimum Gasteiger partial charge on any atom is -0.493 e. The highest BCUT2D eigenvalue weighted by atomic mass is 16.5. The fourth-order valence-corrected chi connectivity index (χ4v) is 5.82. The predicted octanol–water partition coefficient (Wildman–Crippen LogP) is 3.82. The number of carbonyl (C=O) groups is 3. The van der Waals surface area contributed by atoms with Crippen LogP contribution in [-0.4, -0.2) is 66.0 Å². The molecule has 0 bridgehead atoms. The van der Waals surface area contributed by atoms with Crippen LogP contribution in [0.1, 0.15) is 28.3 Å². The third-order valence-corrected chi connectivity index (χ3v) is 7.81. The number of ether oxygens (including phenoxy) is 2. The van der Waals surface area contributed by atoms with Crippen LogP contribution in [0, 0.1) is 0 Å². The van der Waals surface area contributed by atoms with Gasteiger partial charge >= 0.3 is 6.03 Å². The largest absolute Gasteiger partial charge is 0.493 e. The number of amides is 4. The Hall–Kier alpha value is -4.79. The second-order valence-corrected chi connectivity index (χ2v) is 10.0. The standard InChI is InChI=1S/C31H30N4O5/c1-39-26-15-20-12-13-34(29(19-8-4-3-5-9-19)23(20)16-27(26)40-2)28(36)18-35-30(37)25(33-31(35)38)14-21-17-32-24-11-7-6-10-22(21)24/h3-11,15-17,25,29,32H,12-14,18H2,1-2H3,(H,33,38)/t25-,29-/m1/s1. The van der Waals surface area contributed by atoms with Gasteiger partial charge in [-0.1, -0.05) is 48.5 Å². The van der Waals surface area contributed by atoms with Gasteiger partial charge in [0.25, 0.3) is 5.91 Å². The molecule has 4 amide bonds. The molecule has 0 aliphatic carbocycles. The van der Waals surface area contributed by atoms with Crippen LogP contribution in [0.2, 0.25) is 0 Å². The topological polar surface area (TPSA) is 104 Å². The van der Waals surface area contributed by atoms with E-state index in [1.165, 1.54) is 0 Å². The molecule has 1 aromatic heterocycles. The molecule has 3 aromatic carbocycles. The van der Waals surface area contributed by atoms with Gasteiger partial charge < -0.3 is 24.7 Å². The Morgan fingerprint density at radius 3 is 2.48 bits per heavy atom. The third-order valence-electron chi connectivity index (χ3n) is 7.81. The van der Waals surface area contributed by atoms with Gasteiger partial charge in [0.1, 0.15) is 12.6 Å². The molecule has 0 spiro atoms. The van der Waals surface area contributed by atoms with Gasteiger partial charge in [-0.15, -0.1) is 0 Å². The number of H-pyrrole nitrogens is 1. The lowest BCUT2D eigenvalue weighted by molar-refractivity contribution is -0.138. The van der Waals surface area contributed by atoms with Crippen LogP contribution in [0.5, 0.6) is 11.5 Å². The fraction of sp³-hybridized carbons (Fsp3) is 0.258. The first-order valence-corrected chi connectivity index (χ1v) is 13.2. The molecule has 3 heterocycles. The predicted molar refractivity (Wildman–Crippen MR) is 149 cm³/mol. The highest BCUT2D eigenvalue weighted by Gasteiger charge is 2.41. The van der Waals surface area contributed by atoms with Crippen molar-refractivity contribution in [3.8, 4) is 11.5 Å². The maximum atomic E-state index is 13.8. The molecule has 2 N–H and O–H groups in total. The molecule has 0 radical (unpaired) electrons. The van der Waals surface area contributed by atoms with Crippen molar-refractivity contribution in [2.45, 2.75) is 24.9 Å². The third kappa shape index (κ3) is 4.43. The van der Waals surface area contributed by atoms with Gasteiger partial charge in [-0.3, -0.25) is 14.5 Å². The quantitative estimate of drug-likeness (QED) is 0.348. The first kappa shape index (κ1) is 25.5. The van der Waals surface area contributed by atoms with E-state index < -0.39 is 24.0 Å². The van der Waals surface area contributed by atoms with Crippen molar-refractivity contribution in [3.05, 3.63) is 95.2 Å². The number of benzene rings is 3. The van der Waals surface area contributed by atoms with Crippen molar-refractivity contribution in [2.24, 2.45) is 0 Å². The van der Waals surface area contributed by atoms with Crippen LogP contribution in [-0.2, 0) is 22.4 Å². The normalized spacial score (nSPS) is 18.6. The number of carbonyl (C=O) groups excluding carboxylic acids is 3. The van der Waals surface area contributed by atoms with E-state index in [-0.39, 0.29) is 12.5 Å². The van der Waals surface area contributed by atoms with Gasteiger partial charge in [0.15, 0.2) is 11.5 Å². The molecule has 0 saturated carbocycles. The summed E-state index contributed by atoms with van der Waals surface area (Å²) in [6.45, 7) is 0.101. The number of rotatable bonds is 7. The number of aromatic amines is 1. The highest BCUT2D eigenvalue weighted by Crippen LogP contribution is 2.41. The fourth-order valence-electron chi connectivity index (χ4n) is 5.82. The van der Waals surface area contributed by atoms with Gasteiger partial charge in [-0.2, -0.15) is 0 Å². The average Bonchev–Trinajstić information content (AvgIpc) is 3.51. The molecule has 2 aliphatic rings. The summed E-state index contributed by atoms with van der Waals surface area (Å²) in [6.07, 6.45) is 2.80. The number of hydrogen-bond acceptors (Lipinski definition) is 5. The Morgan fingerprint density at radius 2 is 1.70 bits per heavy atom. The Bertz CT molecular complexity index is 1600. The molecule has 1 fully saturated rings. The number of nitrogens with zero attached hydrogens (tertiary/aromatic N) is 2. The summed E-state index contributed by atoms with van der Waals surface area (Å²) >= 11 is 0.